The Hall–Kier alpha value is -3.85. The van der Waals surface area contributed by atoms with Crippen molar-refractivity contribution in [3.05, 3.63) is 94.2 Å². The molecule has 35 heavy (non-hydrogen) atoms. The van der Waals surface area contributed by atoms with Crippen LogP contribution in [0.15, 0.2) is 76.8 Å². The molecule has 1 amide bonds. The third-order valence-corrected chi connectivity index (χ3v) is 5.30. The molecule has 0 bridgehead atoms. The molecule has 0 saturated carbocycles. The number of hydrazone groups is 1. The number of halogens is 2. The molecule has 0 unspecified atom stereocenters. The molecule has 0 saturated heterocycles. The van der Waals surface area contributed by atoms with E-state index in [-0.39, 0.29) is 12.4 Å². The molecule has 0 aliphatic rings. The summed E-state index contributed by atoms with van der Waals surface area (Å²) in [4.78, 5) is 12.5. The molecular formula is C26H24BrFN2O5. The molecule has 0 fully saturated rings. The van der Waals surface area contributed by atoms with Gasteiger partial charge >= 0.3 is 0 Å². The Bertz CT molecular complexity index is 1220. The number of amides is 1. The van der Waals surface area contributed by atoms with E-state index in [4.69, 9.17) is 18.9 Å². The molecule has 0 aromatic heterocycles. The predicted octanol–water partition coefficient (Wildman–Crippen LogP) is 5.51. The number of carbonyl (C=O) groups excluding carboxylic acids is 1. The number of methoxy groups -OCH3 is 2. The highest BCUT2D eigenvalue weighted by atomic mass is 79.9. The van der Waals surface area contributed by atoms with Crippen LogP contribution in [0.25, 0.3) is 0 Å². The van der Waals surface area contributed by atoms with Gasteiger partial charge in [-0.2, -0.15) is 5.10 Å². The maximum Gasteiger partial charge on any atom is 0.271 e. The summed E-state index contributed by atoms with van der Waals surface area (Å²) in [7, 11) is 3.01. The fourth-order valence-electron chi connectivity index (χ4n) is 3.00. The highest BCUT2D eigenvalue weighted by Crippen LogP contribution is 2.37. The summed E-state index contributed by atoms with van der Waals surface area (Å²) in [5, 5.41) is 4.03. The van der Waals surface area contributed by atoms with Crippen LogP contribution in [0.4, 0.5) is 4.39 Å². The number of rotatable bonds is 11. The lowest BCUT2D eigenvalue weighted by molar-refractivity contribution is 0.0954. The predicted molar refractivity (Wildman–Crippen MR) is 135 cm³/mol. The number of ether oxygens (including phenoxy) is 4. The van der Waals surface area contributed by atoms with E-state index in [2.05, 4.69) is 33.0 Å². The zero-order chi connectivity index (χ0) is 25.2. The van der Waals surface area contributed by atoms with E-state index in [1.807, 2.05) is 0 Å². The molecule has 3 aromatic rings. The molecule has 0 aliphatic heterocycles. The van der Waals surface area contributed by atoms with Gasteiger partial charge < -0.3 is 18.9 Å². The number of hydrogen-bond acceptors (Lipinski definition) is 6. The van der Waals surface area contributed by atoms with Gasteiger partial charge in [-0.15, -0.1) is 0 Å². The van der Waals surface area contributed by atoms with Crippen molar-refractivity contribution in [2.24, 2.45) is 5.10 Å². The first-order chi connectivity index (χ1) is 16.9. The largest absolute Gasteiger partial charge is 0.493 e. The van der Waals surface area contributed by atoms with Crippen LogP contribution in [0.1, 0.15) is 21.5 Å². The molecule has 0 heterocycles. The second-order valence-corrected chi connectivity index (χ2v) is 7.97. The second-order valence-electron chi connectivity index (χ2n) is 7.11. The van der Waals surface area contributed by atoms with Gasteiger partial charge in [-0.3, -0.25) is 4.79 Å². The van der Waals surface area contributed by atoms with Crippen molar-refractivity contribution in [1.82, 2.24) is 5.43 Å². The van der Waals surface area contributed by atoms with Gasteiger partial charge in [-0.25, -0.2) is 9.82 Å². The van der Waals surface area contributed by atoms with Crippen molar-refractivity contribution in [2.45, 2.75) is 6.61 Å². The molecule has 7 nitrogen and oxygen atoms in total. The minimum absolute atomic E-state index is 0.236. The van der Waals surface area contributed by atoms with E-state index in [9.17, 15) is 9.18 Å². The lowest BCUT2D eigenvalue weighted by Crippen LogP contribution is -2.17. The van der Waals surface area contributed by atoms with Gasteiger partial charge in [0.15, 0.2) is 23.0 Å². The molecule has 1 N–H and O–H groups in total. The van der Waals surface area contributed by atoms with Crippen LogP contribution >= 0.6 is 15.9 Å². The number of nitrogens with zero attached hydrogens (tertiary/aromatic N) is 1. The van der Waals surface area contributed by atoms with Crippen molar-refractivity contribution in [2.75, 3.05) is 20.8 Å². The summed E-state index contributed by atoms with van der Waals surface area (Å²) in [5.41, 5.74) is 4.31. The van der Waals surface area contributed by atoms with Gasteiger partial charge in [0.1, 0.15) is 19.0 Å². The standard InChI is InChI=1S/C26H24BrFN2O5/c1-4-11-34-22-10-7-19(14-23(22)32-2)26(31)30-29-15-18-12-21(27)25(24(13-18)33-3)35-16-17-5-8-20(28)9-6-17/h4-10,12-15H,1,11,16H2,2-3H3,(H,30,31)/b29-15+. The molecule has 3 aromatic carbocycles. The average Bonchev–Trinajstić information content (AvgIpc) is 2.87. The first kappa shape index (κ1) is 25.8. The van der Waals surface area contributed by atoms with Crippen molar-refractivity contribution < 1.29 is 28.1 Å². The zero-order valence-corrected chi connectivity index (χ0v) is 20.8. The summed E-state index contributed by atoms with van der Waals surface area (Å²) in [6.07, 6.45) is 3.10. The van der Waals surface area contributed by atoms with E-state index >= 15 is 0 Å². The van der Waals surface area contributed by atoms with Gasteiger partial charge in [0.05, 0.1) is 24.9 Å². The average molecular weight is 543 g/mol. The lowest BCUT2D eigenvalue weighted by Gasteiger charge is -2.13. The van der Waals surface area contributed by atoms with Crippen molar-refractivity contribution >= 4 is 28.1 Å². The maximum atomic E-state index is 13.1. The van der Waals surface area contributed by atoms with Gasteiger partial charge in [-0.1, -0.05) is 24.8 Å². The fraction of sp³-hybridized carbons (Fsp3) is 0.154. The number of nitrogens with one attached hydrogen (secondary N) is 1. The monoisotopic (exact) mass is 542 g/mol. The molecule has 9 heteroatoms. The van der Waals surface area contributed by atoms with Gasteiger partial charge in [-0.05, 0) is 69.5 Å². The van der Waals surface area contributed by atoms with Crippen LogP contribution in [0, 0.1) is 5.82 Å². The number of benzene rings is 3. The maximum absolute atomic E-state index is 13.1. The minimum atomic E-state index is -0.417. The summed E-state index contributed by atoms with van der Waals surface area (Å²) < 4.78 is 35.8. The molecule has 0 spiro atoms. The summed E-state index contributed by atoms with van der Waals surface area (Å²) >= 11 is 3.48. The van der Waals surface area contributed by atoms with Crippen LogP contribution in [0.3, 0.4) is 0 Å². The van der Waals surface area contributed by atoms with Crippen LogP contribution < -0.4 is 24.4 Å². The Morgan fingerprint density at radius 2 is 1.77 bits per heavy atom. The van der Waals surface area contributed by atoms with Crippen LogP contribution in [0.5, 0.6) is 23.0 Å². The molecular weight excluding hydrogens is 519 g/mol. The Morgan fingerprint density at radius 1 is 1.03 bits per heavy atom. The molecule has 182 valence electrons. The third-order valence-electron chi connectivity index (χ3n) is 4.71. The van der Waals surface area contributed by atoms with Gasteiger partial charge in [0.25, 0.3) is 5.91 Å². The van der Waals surface area contributed by atoms with Crippen molar-refractivity contribution in [3.8, 4) is 23.0 Å². The van der Waals surface area contributed by atoms with E-state index in [0.717, 1.165) is 5.56 Å². The van der Waals surface area contributed by atoms with Crippen molar-refractivity contribution in [3.63, 3.8) is 0 Å². The normalized spacial score (nSPS) is 10.6. The van der Waals surface area contributed by atoms with Crippen LogP contribution in [0.2, 0.25) is 0 Å². The Morgan fingerprint density at radius 3 is 2.46 bits per heavy atom. The topological polar surface area (TPSA) is 78.4 Å². The summed E-state index contributed by atoms with van der Waals surface area (Å²) in [5.74, 6) is 1.16. The van der Waals surface area contributed by atoms with Crippen LogP contribution in [-0.4, -0.2) is 32.9 Å². The Balaban J connectivity index is 1.67. The molecule has 0 atom stereocenters. The summed E-state index contributed by atoms with van der Waals surface area (Å²) in [6, 6.07) is 14.4. The fourth-order valence-corrected chi connectivity index (χ4v) is 3.57. The lowest BCUT2D eigenvalue weighted by atomic mass is 10.2. The SMILES string of the molecule is C=CCOc1ccc(C(=O)N/N=C/c2cc(Br)c(OCc3ccc(F)cc3)c(OC)c2)cc1OC. The smallest absolute Gasteiger partial charge is 0.271 e. The molecule has 0 radical (unpaired) electrons. The highest BCUT2D eigenvalue weighted by molar-refractivity contribution is 9.10. The second kappa shape index (κ2) is 12.6. The van der Waals surface area contributed by atoms with E-state index in [1.165, 1.54) is 32.6 Å². The molecule has 3 rings (SSSR count). The van der Waals surface area contributed by atoms with Crippen molar-refractivity contribution in [1.29, 1.82) is 0 Å². The van der Waals surface area contributed by atoms with E-state index in [0.29, 0.717) is 45.2 Å². The quantitative estimate of drug-likeness (QED) is 0.196. The van der Waals surface area contributed by atoms with Gasteiger partial charge in [0, 0.05) is 5.56 Å². The number of hydrogen-bond donors (Lipinski definition) is 1. The van der Waals surface area contributed by atoms with E-state index in [1.54, 1.807) is 48.5 Å². The first-order valence-corrected chi connectivity index (χ1v) is 11.2. The number of carbonyl (C=O) groups is 1. The minimum Gasteiger partial charge on any atom is -0.493 e. The van der Waals surface area contributed by atoms with Crippen LogP contribution in [-0.2, 0) is 6.61 Å². The first-order valence-electron chi connectivity index (χ1n) is 10.4. The Labute approximate surface area is 211 Å². The summed E-state index contributed by atoms with van der Waals surface area (Å²) in [6.45, 7) is 4.16. The zero-order valence-electron chi connectivity index (χ0n) is 19.2. The van der Waals surface area contributed by atoms with Gasteiger partial charge in [0.2, 0.25) is 0 Å². The molecule has 0 aliphatic carbocycles. The third kappa shape index (κ3) is 7.07. The van der Waals surface area contributed by atoms with E-state index < -0.39 is 5.91 Å². The highest BCUT2D eigenvalue weighted by Gasteiger charge is 2.13. The Kier molecular flexibility index (Phi) is 9.25.